The second-order valence-corrected chi connectivity index (χ2v) is 11.2. The van der Waals surface area contributed by atoms with Gasteiger partial charge in [0.25, 0.3) is 0 Å². The lowest BCUT2D eigenvalue weighted by atomic mass is 9.49. The van der Waals surface area contributed by atoms with Crippen LogP contribution in [0.15, 0.2) is 30.9 Å². The molecule has 0 amide bonds. The Kier molecular flexibility index (Phi) is 4.54. The van der Waals surface area contributed by atoms with Crippen LogP contribution in [0.3, 0.4) is 0 Å². The van der Waals surface area contributed by atoms with Gasteiger partial charge in [0.2, 0.25) is 0 Å². The molecule has 4 fully saturated rings. The summed E-state index contributed by atoms with van der Waals surface area (Å²) in [5.74, 6) is 5.08. The molecule has 0 unspecified atom stereocenters. The molecule has 3 heteroatoms. The highest BCUT2D eigenvalue weighted by molar-refractivity contribution is 5.16. The monoisotopic (exact) mass is 382 g/mol. The number of aliphatic hydroxyl groups is 1. The molecule has 0 aliphatic heterocycles. The van der Waals surface area contributed by atoms with Gasteiger partial charge in [0, 0.05) is 18.9 Å². The molecule has 5 rings (SSSR count). The number of hydrogen-bond acceptors (Lipinski definition) is 2. The summed E-state index contributed by atoms with van der Waals surface area (Å²) in [7, 11) is 0. The third-order valence-electron chi connectivity index (χ3n) is 9.67. The van der Waals surface area contributed by atoms with Crippen LogP contribution in [0, 0.1) is 40.9 Å². The summed E-state index contributed by atoms with van der Waals surface area (Å²) in [4.78, 5) is 4.21. The van der Waals surface area contributed by atoms with Crippen LogP contribution in [0.1, 0.15) is 71.6 Å². The first kappa shape index (κ1) is 18.9. The van der Waals surface area contributed by atoms with Gasteiger partial charge >= 0.3 is 0 Å². The van der Waals surface area contributed by atoms with Crippen LogP contribution in [-0.2, 0) is 6.54 Å². The van der Waals surface area contributed by atoms with E-state index < -0.39 is 5.60 Å². The minimum Gasteiger partial charge on any atom is -0.390 e. The van der Waals surface area contributed by atoms with Gasteiger partial charge in [-0.2, -0.15) is 0 Å². The molecule has 1 aromatic rings. The molecule has 1 heterocycles. The van der Waals surface area contributed by atoms with E-state index in [2.05, 4.69) is 36.2 Å². The maximum atomic E-state index is 10.6. The molecule has 1 aromatic heterocycles. The summed E-state index contributed by atoms with van der Waals surface area (Å²) in [6, 6.07) is 0. The number of allylic oxidation sites excluding steroid dienone is 1. The van der Waals surface area contributed by atoms with E-state index in [4.69, 9.17) is 0 Å². The second kappa shape index (κ2) is 6.72. The van der Waals surface area contributed by atoms with Crippen LogP contribution in [0.5, 0.6) is 0 Å². The Balaban J connectivity index is 1.32. The molecule has 1 N–H and O–H groups in total. The summed E-state index contributed by atoms with van der Waals surface area (Å²) in [5, 5.41) is 10.6. The summed E-state index contributed by atoms with van der Waals surface area (Å²) in [6.07, 6.45) is 17.5. The van der Waals surface area contributed by atoms with Crippen molar-refractivity contribution in [3.8, 4) is 0 Å². The highest BCUT2D eigenvalue weighted by Gasteiger charge is 2.57. The first-order chi connectivity index (χ1) is 13.4. The van der Waals surface area contributed by atoms with E-state index in [0.29, 0.717) is 11.3 Å². The molecule has 4 aliphatic carbocycles. The minimum absolute atomic E-state index is 0.402. The molecule has 28 heavy (non-hydrogen) atoms. The van der Waals surface area contributed by atoms with Crippen LogP contribution >= 0.6 is 0 Å². The summed E-state index contributed by atoms with van der Waals surface area (Å²) >= 11 is 0. The predicted octanol–water partition coefficient (Wildman–Crippen LogP) is 5.46. The highest BCUT2D eigenvalue weighted by atomic mass is 16.3. The Morgan fingerprint density at radius 2 is 1.89 bits per heavy atom. The SMILES string of the molecule is C=C(Cn1ccnc1)[C@H]1CC[C@H]2[C@@H]3CC[C@@H]4C[C@](C)(O)CC[C@@H]4[C@H]3CC[C@]12C. The van der Waals surface area contributed by atoms with Gasteiger partial charge in [-0.25, -0.2) is 4.98 Å². The second-order valence-electron chi connectivity index (χ2n) is 11.2. The fourth-order valence-electron chi connectivity index (χ4n) is 8.48. The van der Waals surface area contributed by atoms with Gasteiger partial charge in [0.1, 0.15) is 0 Å². The Labute approximate surface area is 170 Å². The molecule has 4 saturated carbocycles. The molecule has 0 aromatic carbocycles. The molecule has 8 atom stereocenters. The summed E-state index contributed by atoms with van der Waals surface area (Å²) in [5.41, 5.74) is 1.47. The fourth-order valence-corrected chi connectivity index (χ4v) is 8.48. The standard InChI is InChI=1S/C25H38N2O/c1-17(15-27-13-12-26-16-27)22-6-7-23-21-5-4-18-14-24(2,28)10-8-19(18)20(21)9-11-25(22,23)3/h12-13,16,18-23,28H,1,4-11,14-15H2,2-3H3/t18-,19+,20-,21-,22-,23+,24-,25-/m1/s1. The Hall–Kier alpha value is -1.09. The van der Waals surface area contributed by atoms with Crippen molar-refractivity contribution in [3.05, 3.63) is 30.9 Å². The van der Waals surface area contributed by atoms with Crippen molar-refractivity contribution >= 4 is 0 Å². The highest BCUT2D eigenvalue weighted by Crippen LogP contribution is 2.65. The zero-order valence-corrected chi connectivity index (χ0v) is 17.8. The molecular weight excluding hydrogens is 344 g/mol. The van der Waals surface area contributed by atoms with Crippen molar-refractivity contribution in [1.82, 2.24) is 9.55 Å². The molecule has 0 radical (unpaired) electrons. The number of imidazole rings is 1. The van der Waals surface area contributed by atoms with Gasteiger partial charge in [-0.1, -0.05) is 19.1 Å². The van der Waals surface area contributed by atoms with E-state index in [9.17, 15) is 5.11 Å². The first-order valence-electron chi connectivity index (χ1n) is 11.7. The van der Waals surface area contributed by atoms with Gasteiger partial charge in [-0.05, 0) is 106 Å². The number of aromatic nitrogens is 2. The fraction of sp³-hybridized carbons (Fsp3) is 0.800. The van der Waals surface area contributed by atoms with Crippen LogP contribution in [0.25, 0.3) is 0 Å². The van der Waals surface area contributed by atoms with Crippen molar-refractivity contribution in [2.75, 3.05) is 0 Å². The van der Waals surface area contributed by atoms with Crippen molar-refractivity contribution in [3.63, 3.8) is 0 Å². The zero-order chi connectivity index (χ0) is 19.5. The van der Waals surface area contributed by atoms with E-state index in [1.165, 1.54) is 50.5 Å². The van der Waals surface area contributed by atoms with Crippen LogP contribution in [-0.4, -0.2) is 20.3 Å². The van der Waals surface area contributed by atoms with Crippen molar-refractivity contribution < 1.29 is 5.11 Å². The molecular formula is C25H38N2O. The third-order valence-corrected chi connectivity index (χ3v) is 9.67. The Bertz CT molecular complexity index is 723. The van der Waals surface area contributed by atoms with Crippen molar-refractivity contribution in [2.24, 2.45) is 40.9 Å². The molecule has 3 nitrogen and oxygen atoms in total. The maximum Gasteiger partial charge on any atom is 0.0948 e. The van der Waals surface area contributed by atoms with E-state index in [1.54, 1.807) is 0 Å². The average Bonchev–Trinajstić information content (AvgIpc) is 3.27. The van der Waals surface area contributed by atoms with Crippen LogP contribution < -0.4 is 0 Å². The molecule has 0 spiro atoms. The molecule has 0 saturated heterocycles. The number of nitrogens with zero attached hydrogens (tertiary/aromatic N) is 2. The van der Waals surface area contributed by atoms with Gasteiger partial charge in [0.05, 0.1) is 11.9 Å². The number of rotatable bonds is 3. The lowest BCUT2D eigenvalue weighted by molar-refractivity contribution is -0.0979. The van der Waals surface area contributed by atoms with Gasteiger partial charge in [0.15, 0.2) is 0 Å². The van der Waals surface area contributed by atoms with Crippen molar-refractivity contribution in [2.45, 2.75) is 83.8 Å². The van der Waals surface area contributed by atoms with E-state index in [-0.39, 0.29) is 0 Å². The van der Waals surface area contributed by atoms with Gasteiger partial charge in [-0.15, -0.1) is 0 Å². The Morgan fingerprint density at radius 3 is 2.68 bits per heavy atom. The topological polar surface area (TPSA) is 38.0 Å². The number of hydrogen-bond donors (Lipinski definition) is 1. The van der Waals surface area contributed by atoms with Gasteiger partial charge in [-0.3, -0.25) is 0 Å². The van der Waals surface area contributed by atoms with Gasteiger partial charge < -0.3 is 9.67 Å². The van der Waals surface area contributed by atoms with Crippen LogP contribution in [0.2, 0.25) is 0 Å². The lowest BCUT2D eigenvalue weighted by Gasteiger charge is -2.57. The summed E-state index contributed by atoms with van der Waals surface area (Å²) < 4.78 is 2.18. The average molecular weight is 383 g/mol. The predicted molar refractivity (Wildman–Crippen MR) is 113 cm³/mol. The minimum atomic E-state index is -0.402. The largest absolute Gasteiger partial charge is 0.390 e. The maximum absolute atomic E-state index is 10.6. The third kappa shape index (κ3) is 3.00. The van der Waals surface area contributed by atoms with E-state index >= 15 is 0 Å². The molecule has 4 aliphatic rings. The first-order valence-corrected chi connectivity index (χ1v) is 11.7. The smallest absolute Gasteiger partial charge is 0.0948 e. The summed E-state index contributed by atoms with van der Waals surface area (Å²) in [6.45, 7) is 10.2. The van der Waals surface area contributed by atoms with E-state index in [1.807, 2.05) is 12.5 Å². The normalized spacial score (nSPS) is 47.8. The molecule has 154 valence electrons. The molecule has 0 bridgehead atoms. The quantitative estimate of drug-likeness (QED) is 0.705. The Morgan fingerprint density at radius 1 is 1.07 bits per heavy atom. The number of fused-ring (bicyclic) bond motifs is 5. The zero-order valence-electron chi connectivity index (χ0n) is 17.8. The van der Waals surface area contributed by atoms with Crippen molar-refractivity contribution in [1.29, 1.82) is 0 Å². The van der Waals surface area contributed by atoms with E-state index in [0.717, 1.165) is 49.0 Å². The lowest BCUT2D eigenvalue weighted by Crippen LogP contribution is -2.50. The van der Waals surface area contributed by atoms with Crippen LogP contribution in [0.4, 0.5) is 0 Å².